The molecular weight excluding hydrogens is 457 g/mol. The predicted molar refractivity (Wildman–Crippen MR) is 126 cm³/mol. The van der Waals surface area contributed by atoms with E-state index in [2.05, 4.69) is 21.1 Å². The van der Waals surface area contributed by atoms with Crippen LogP contribution in [-0.4, -0.2) is 29.8 Å². The summed E-state index contributed by atoms with van der Waals surface area (Å²) in [5, 5.41) is 10.9. The number of nitrogens with zero attached hydrogens (tertiary/aromatic N) is 1. The second-order valence-corrected chi connectivity index (χ2v) is 7.40. The lowest BCUT2D eigenvalue weighted by molar-refractivity contribution is -0.136. The summed E-state index contributed by atoms with van der Waals surface area (Å²) in [5.74, 6) is -3.60. The number of aryl methyl sites for hydroxylation is 2. The zero-order chi connectivity index (χ0) is 25.4. The summed E-state index contributed by atoms with van der Waals surface area (Å²) in [7, 11) is 0. The first kappa shape index (κ1) is 24.8. The summed E-state index contributed by atoms with van der Waals surface area (Å²) < 4.78 is 18.3. The van der Waals surface area contributed by atoms with Crippen LogP contribution in [0.1, 0.15) is 22.6 Å². The number of hydrazone groups is 1. The normalized spacial score (nSPS) is 10.6. The summed E-state index contributed by atoms with van der Waals surface area (Å²) >= 11 is 0. The van der Waals surface area contributed by atoms with Gasteiger partial charge in [0.15, 0.2) is 0 Å². The van der Waals surface area contributed by atoms with Gasteiger partial charge in [0.25, 0.3) is 0 Å². The molecule has 3 aromatic rings. The van der Waals surface area contributed by atoms with Gasteiger partial charge in [-0.05, 0) is 73.5 Å². The van der Waals surface area contributed by atoms with E-state index in [1.165, 1.54) is 18.2 Å². The van der Waals surface area contributed by atoms with Crippen molar-refractivity contribution in [3.8, 4) is 0 Å². The van der Waals surface area contributed by atoms with Crippen LogP contribution in [0.15, 0.2) is 64.1 Å². The Morgan fingerprint density at radius 1 is 0.829 bits per heavy atom. The summed E-state index contributed by atoms with van der Waals surface area (Å²) in [6.07, 6.45) is 1.15. The van der Waals surface area contributed by atoms with Crippen molar-refractivity contribution in [2.75, 3.05) is 10.6 Å². The highest BCUT2D eigenvalue weighted by atomic mass is 19.1. The van der Waals surface area contributed by atoms with Crippen LogP contribution in [0.25, 0.3) is 0 Å². The number of carbonyl (C=O) groups is 4. The number of furan rings is 1. The van der Waals surface area contributed by atoms with E-state index in [4.69, 9.17) is 4.42 Å². The molecule has 180 valence electrons. The van der Waals surface area contributed by atoms with Gasteiger partial charge in [0.2, 0.25) is 0 Å². The van der Waals surface area contributed by atoms with E-state index in [9.17, 15) is 23.6 Å². The van der Waals surface area contributed by atoms with E-state index in [0.29, 0.717) is 11.4 Å². The predicted octanol–water partition coefficient (Wildman–Crippen LogP) is 2.38. The van der Waals surface area contributed by atoms with Crippen molar-refractivity contribution < 1.29 is 28.0 Å². The summed E-state index contributed by atoms with van der Waals surface area (Å²) in [5.41, 5.74) is 4.84. The largest absolute Gasteiger partial charge is 0.458 e. The number of rotatable bonds is 6. The third kappa shape index (κ3) is 7.35. The average molecular weight is 479 g/mol. The number of amides is 4. The Kier molecular flexibility index (Phi) is 8.06. The standard InChI is InChI=1S/C24H22FN5O5/c1-14-3-6-18(11-15(14)2)29-22(32)21(31)26-12-19-9-10-20(35-19)13-27-30-24(34)23(33)28-17-7-4-16(25)5-8-17/h3-11,13H,12H2,1-2H3,(H,26,31)(H,28,33)(H,29,32)(H,30,34)/b27-13+. The topological polar surface area (TPSA) is 142 Å². The van der Waals surface area contributed by atoms with Crippen LogP contribution < -0.4 is 21.4 Å². The molecule has 1 heterocycles. The molecule has 4 amide bonds. The minimum atomic E-state index is -1.04. The molecule has 0 aliphatic rings. The highest BCUT2D eigenvalue weighted by Gasteiger charge is 2.15. The minimum Gasteiger partial charge on any atom is -0.458 e. The molecule has 2 aromatic carbocycles. The lowest BCUT2D eigenvalue weighted by Crippen LogP contribution is -2.34. The lowest BCUT2D eigenvalue weighted by atomic mass is 10.1. The van der Waals surface area contributed by atoms with Crippen molar-refractivity contribution in [3.63, 3.8) is 0 Å². The van der Waals surface area contributed by atoms with Crippen molar-refractivity contribution in [3.05, 3.63) is 83.1 Å². The molecule has 0 atom stereocenters. The van der Waals surface area contributed by atoms with E-state index in [0.717, 1.165) is 29.5 Å². The number of nitrogens with one attached hydrogen (secondary N) is 4. The molecule has 1 aromatic heterocycles. The fraction of sp³-hybridized carbons (Fsp3) is 0.125. The smallest absolute Gasteiger partial charge is 0.329 e. The Labute approximate surface area is 199 Å². The van der Waals surface area contributed by atoms with Crippen LogP contribution in [0.2, 0.25) is 0 Å². The number of benzene rings is 2. The molecule has 4 N–H and O–H groups in total. The highest BCUT2D eigenvalue weighted by Crippen LogP contribution is 2.14. The van der Waals surface area contributed by atoms with E-state index >= 15 is 0 Å². The maximum atomic E-state index is 12.9. The van der Waals surface area contributed by atoms with Gasteiger partial charge in [-0.2, -0.15) is 5.10 Å². The van der Waals surface area contributed by atoms with Crippen molar-refractivity contribution >= 4 is 41.2 Å². The maximum Gasteiger partial charge on any atom is 0.329 e. The van der Waals surface area contributed by atoms with Gasteiger partial charge in [0.1, 0.15) is 17.3 Å². The Morgan fingerprint density at radius 2 is 1.49 bits per heavy atom. The van der Waals surface area contributed by atoms with E-state index in [1.54, 1.807) is 18.2 Å². The minimum absolute atomic E-state index is 0.0561. The Hall–Kier alpha value is -4.80. The van der Waals surface area contributed by atoms with Gasteiger partial charge < -0.3 is 20.4 Å². The summed E-state index contributed by atoms with van der Waals surface area (Å²) in [6, 6.07) is 13.3. The molecule has 11 heteroatoms. The maximum absolute atomic E-state index is 12.9. The van der Waals surface area contributed by atoms with Crippen LogP contribution in [0.4, 0.5) is 15.8 Å². The second-order valence-electron chi connectivity index (χ2n) is 7.40. The quantitative estimate of drug-likeness (QED) is 0.244. The fourth-order valence-corrected chi connectivity index (χ4v) is 2.74. The molecular formula is C24H22FN5O5. The summed E-state index contributed by atoms with van der Waals surface area (Å²) in [6.45, 7) is 3.79. The third-order valence-corrected chi connectivity index (χ3v) is 4.74. The van der Waals surface area contributed by atoms with Crippen LogP contribution in [-0.2, 0) is 25.7 Å². The van der Waals surface area contributed by atoms with Gasteiger partial charge in [-0.15, -0.1) is 0 Å². The van der Waals surface area contributed by atoms with Gasteiger partial charge in [0, 0.05) is 11.4 Å². The molecule has 0 saturated heterocycles. The van der Waals surface area contributed by atoms with Gasteiger partial charge in [0.05, 0.1) is 12.8 Å². The van der Waals surface area contributed by atoms with Crippen LogP contribution >= 0.6 is 0 Å². The van der Waals surface area contributed by atoms with Crippen molar-refractivity contribution in [1.29, 1.82) is 0 Å². The number of anilines is 2. The fourth-order valence-electron chi connectivity index (χ4n) is 2.74. The molecule has 35 heavy (non-hydrogen) atoms. The zero-order valence-electron chi connectivity index (χ0n) is 18.8. The molecule has 0 unspecified atom stereocenters. The molecule has 0 saturated carbocycles. The molecule has 0 bridgehead atoms. The van der Waals surface area contributed by atoms with Gasteiger partial charge >= 0.3 is 23.6 Å². The van der Waals surface area contributed by atoms with E-state index < -0.39 is 29.4 Å². The van der Waals surface area contributed by atoms with Crippen LogP contribution in [0.3, 0.4) is 0 Å². The number of carbonyl (C=O) groups excluding carboxylic acids is 4. The average Bonchev–Trinajstić information content (AvgIpc) is 3.28. The first-order valence-corrected chi connectivity index (χ1v) is 10.4. The van der Waals surface area contributed by atoms with Crippen LogP contribution in [0, 0.1) is 19.7 Å². The van der Waals surface area contributed by atoms with Crippen molar-refractivity contribution in [1.82, 2.24) is 10.7 Å². The van der Waals surface area contributed by atoms with Crippen molar-refractivity contribution in [2.24, 2.45) is 5.10 Å². The van der Waals surface area contributed by atoms with Crippen LogP contribution in [0.5, 0.6) is 0 Å². The first-order chi connectivity index (χ1) is 16.7. The second kappa shape index (κ2) is 11.4. The van der Waals surface area contributed by atoms with Gasteiger partial charge in [-0.3, -0.25) is 19.2 Å². The first-order valence-electron chi connectivity index (χ1n) is 10.4. The SMILES string of the molecule is Cc1ccc(NC(=O)C(=O)NCc2ccc(/C=N/NC(=O)C(=O)Nc3ccc(F)cc3)o2)cc1C. The van der Waals surface area contributed by atoms with Gasteiger partial charge in [-0.1, -0.05) is 6.07 Å². The molecule has 0 spiro atoms. The zero-order valence-corrected chi connectivity index (χ0v) is 18.8. The van der Waals surface area contributed by atoms with E-state index in [1.807, 2.05) is 25.3 Å². The Morgan fingerprint density at radius 3 is 2.20 bits per heavy atom. The summed E-state index contributed by atoms with van der Waals surface area (Å²) in [4.78, 5) is 47.7. The highest BCUT2D eigenvalue weighted by molar-refractivity contribution is 6.40. The van der Waals surface area contributed by atoms with E-state index in [-0.39, 0.29) is 18.0 Å². The molecule has 10 nitrogen and oxygen atoms in total. The third-order valence-electron chi connectivity index (χ3n) is 4.74. The number of halogens is 1. The Balaban J connectivity index is 1.43. The lowest BCUT2D eigenvalue weighted by Gasteiger charge is -2.07. The molecule has 0 fully saturated rings. The molecule has 0 aliphatic heterocycles. The van der Waals surface area contributed by atoms with Crippen molar-refractivity contribution in [2.45, 2.75) is 20.4 Å². The van der Waals surface area contributed by atoms with Gasteiger partial charge in [-0.25, -0.2) is 9.82 Å². The number of hydrogen-bond acceptors (Lipinski definition) is 6. The Bertz CT molecular complexity index is 1280. The molecule has 0 aliphatic carbocycles. The molecule has 3 rings (SSSR count). The number of hydrogen-bond donors (Lipinski definition) is 4. The molecule has 0 radical (unpaired) electrons. The monoisotopic (exact) mass is 479 g/mol.